The molecule has 8 rings (SSSR count). The first-order chi connectivity index (χ1) is 34.4. The Bertz CT molecular complexity index is 2360. The number of hydrogen-bond donors (Lipinski definition) is 1. The SMILES string of the molecule is [2H]C(O[C@H]1[C@H](OC([2H])c2ccccc2)[C@@H](OC([2H])c2ccccc2)C(OC)O[C@@H]1CO[C@H]1O[C@H](COCc2ccccc2)[C@@H](CO)[C@H](OCc2ccccc2)[C@H]1OCc1ccccc1)c1ccccc1. The van der Waals surface area contributed by atoms with Crippen molar-refractivity contribution in [2.45, 2.75) is 94.9 Å². The smallest absolute Gasteiger partial charge is 0.186 e. The van der Waals surface area contributed by atoms with Crippen LogP contribution in [-0.2, 0) is 86.9 Å². The molecule has 2 fully saturated rings. The number of benzene rings is 6. The summed E-state index contributed by atoms with van der Waals surface area (Å²) in [6, 6.07) is 56.5. The molecule has 67 heavy (non-hydrogen) atoms. The quantitative estimate of drug-likeness (QED) is 0.0629. The number of rotatable bonds is 24. The summed E-state index contributed by atoms with van der Waals surface area (Å²) in [6.45, 7) is -3.41. The van der Waals surface area contributed by atoms with Crippen molar-refractivity contribution in [2.24, 2.45) is 5.92 Å². The van der Waals surface area contributed by atoms with Crippen molar-refractivity contribution in [3.8, 4) is 0 Å². The van der Waals surface area contributed by atoms with Gasteiger partial charge < -0.3 is 52.5 Å². The number of ether oxygens (including phenoxy) is 10. The molecule has 2 saturated heterocycles. The molecule has 6 aromatic carbocycles. The van der Waals surface area contributed by atoms with Gasteiger partial charge in [-0.05, 0) is 33.4 Å². The lowest BCUT2D eigenvalue weighted by atomic mass is 9.89. The van der Waals surface area contributed by atoms with E-state index in [4.69, 9.17) is 48.7 Å². The van der Waals surface area contributed by atoms with Crippen molar-refractivity contribution in [2.75, 3.05) is 26.9 Å². The first kappa shape index (κ1) is 44.4. The molecule has 0 saturated carbocycles. The molecule has 11 nitrogen and oxygen atoms in total. The molecule has 2 aliphatic rings. The predicted octanol–water partition coefficient (Wildman–Crippen LogP) is 8.85. The zero-order valence-electron chi connectivity index (χ0n) is 40.6. The van der Waals surface area contributed by atoms with Crippen LogP contribution in [-0.4, -0.2) is 87.3 Å². The zero-order valence-corrected chi connectivity index (χ0v) is 37.6. The largest absolute Gasteiger partial charge is 0.396 e. The highest BCUT2D eigenvalue weighted by molar-refractivity contribution is 5.18. The summed E-state index contributed by atoms with van der Waals surface area (Å²) in [4.78, 5) is 0. The van der Waals surface area contributed by atoms with Crippen LogP contribution >= 0.6 is 0 Å². The zero-order chi connectivity index (χ0) is 48.5. The number of aliphatic hydroxyl groups is 1. The van der Waals surface area contributed by atoms with Gasteiger partial charge in [-0.25, -0.2) is 0 Å². The highest BCUT2D eigenvalue weighted by atomic mass is 16.7. The second-order valence-corrected chi connectivity index (χ2v) is 16.4. The van der Waals surface area contributed by atoms with Gasteiger partial charge in [0.2, 0.25) is 0 Å². The first-order valence-electron chi connectivity index (χ1n) is 24.5. The molecule has 0 aromatic heterocycles. The first-order valence-corrected chi connectivity index (χ1v) is 22.7. The lowest BCUT2D eigenvalue weighted by molar-refractivity contribution is -0.345. The predicted molar refractivity (Wildman–Crippen MR) is 252 cm³/mol. The normalized spacial score (nSPS) is 27.2. The van der Waals surface area contributed by atoms with E-state index in [-0.39, 0.29) is 33.0 Å². The third kappa shape index (κ3) is 14.0. The second kappa shape index (κ2) is 25.9. The third-order valence-corrected chi connectivity index (χ3v) is 11.7. The van der Waals surface area contributed by atoms with Crippen LogP contribution in [0, 0.1) is 5.92 Å². The lowest BCUT2D eigenvalue weighted by Crippen LogP contribution is -2.63. The van der Waals surface area contributed by atoms with Crippen LogP contribution < -0.4 is 0 Å². The van der Waals surface area contributed by atoms with E-state index in [0.717, 1.165) is 16.7 Å². The van der Waals surface area contributed by atoms with Gasteiger partial charge in [0.1, 0.15) is 30.5 Å². The molecule has 0 amide bonds. The van der Waals surface area contributed by atoms with Crippen LogP contribution in [0.4, 0.5) is 0 Å². The van der Waals surface area contributed by atoms with Crippen molar-refractivity contribution in [1.82, 2.24) is 0 Å². The van der Waals surface area contributed by atoms with E-state index < -0.39 is 81.0 Å². The van der Waals surface area contributed by atoms with Gasteiger partial charge in [-0.2, -0.15) is 0 Å². The summed E-state index contributed by atoms with van der Waals surface area (Å²) in [5.74, 6) is -0.597. The Balaban J connectivity index is 1.14. The molecule has 1 N–H and O–H groups in total. The van der Waals surface area contributed by atoms with Gasteiger partial charge in [0, 0.05) is 13.0 Å². The van der Waals surface area contributed by atoms with Crippen molar-refractivity contribution in [1.29, 1.82) is 0 Å². The maximum absolute atomic E-state index is 11.1. The van der Waals surface area contributed by atoms with Gasteiger partial charge in [-0.1, -0.05) is 182 Å². The molecule has 4 unspecified atom stereocenters. The molecule has 0 aliphatic carbocycles. The second-order valence-electron chi connectivity index (χ2n) is 16.4. The molecule has 2 aliphatic heterocycles. The van der Waals surface area contributed by atoms with Crippen molar-refractivity contribution in [3.63, 3.8) is 0 Å². The molecule has 0 spiro atoms. The van der Waals surface area contributed by atoms with Crippen LogP contribution in [0.2, 0.25) is 0 Å². The molecule has 2 heterocycles. The summed E-state index contributed by atoms with van der Waals surface area (Å²) < 4.78 is 93.8. The molecule has 0 bridgehead atoms. The fraction of sp³-hybridized carbons (Fsp3) is 0.357. The molecule has 11 heteroatoms. The van der Waals surface area contributed by atoms with E-state index in [1.807, 2.05) is 146 Å². The maximum Gasteiger partial charge on any atom is 0.186 e. The standard InChI is InChI=1S/C56H62O11/c1-58-55-54(64-38-46-30-18-7-19-31-46)52(62-36-44-26-14-5-15-27-44)51(61-35-43-24-12-4-13-25-43)49(67-55)40-65-56-53(63-37-45-28-16-6-17-29-45)50(60-34-42-22-10-3-11-23-42)47(32-57)48(66-56)39-59-33-41-20-8-2-9-21-41/h2-31,47-57H,32-40H2,1H3/t47-,48-,49-,50+,51-,52+,53-,54-,55?,56+/m1/s1/i35D,36D,38D/t35?,36?,38?,47-,48-,49-,50+,51-,52+,53-,54-,55?,56+. The Morgan fingerprint density at radius 3 is 1.25 bits per heavy atom. The highest BCUT2D eigenvalue weighted by Crippen LogP contribution is 2.35. The van der Waals surface area contributed by atoms with E-state index in [1.165, 1.54) is 7.11 Å². The lowest BCUT2D eigenvalue weighted by Gasteiger charge is -2.48. The Kier molecular flexibility index (Phi) is 17.1. The summed E-state index contributed by atoms with van der Waals surface area (Å²) in [5, 5.41) is 11.1. The van der Waals surface area contributed by atoms with Gasteiger partial charge >= 0.3 is 0 Å². The van der Waals surface area contributed by atoms with E-state index in [0.29, 0.717) is 23.3 Å². The van der Waals surface area contributed by atoms with E-state index in [2.05, 4.69) is 0 Å². The van der Waals surface area contributed by atoms with Crippen LogP contribution in [0.25, 0.3) is 0 Å². The number of hydrogen-bond acceptors (Lipinski definition) is 11. The van der Waals surface area contributed by atoms with Crippen LogP contribution in [0.15, 0.2) is 182 Å². The summed E-state index contributed by atoms with van der Waals surface area (Å²) in [6.07, 6.45) is -9.11. The Morgan fingerprint density at radius 2 is 0.791 bits per heavy atom. The third-order valence-electron chi connectivity index (χ3n) is 11.7. The molecule has 0 radical (unpaired) electrons. The van der Waals surface area contributed by atoms with Crippen molar-refractivity contribution in [3.05, 3.63) is 215 Å². The van der Waals surface area contributed by atoms with Gasteiger partial charge in [0.05, 0.1) is 75.7 Å². The molecular weight excluding hydrogens is 849 g/mol. The minimum atomic E-state index is -1.25. The fourth-order valence-corrected chi connectivity index (χ4v) is 8.19. The highest BCUT2D eigenvalue weighted by Gasteiger charge is 2.51. The van der Waals surface area contributed by atoms with E-state index in [9.17, 15) is 7.85 Å². The topological polar surface area (TPSA) is 113 Å². The Labute approximate surface area is 398 Å². The van der Waals surface area contributed by atoms with Crippen molar-refractivity contribution >= 4 is 0 Å². The number of methoxy groups -OCH3 is 1. The molecule has 352 valence electrons. The molecule has 13 atom stereocenters. The average molecular weight is 914 g/mol. The van der Waals surface area contributed by atoms with Gasteiger partial charge in [-0.15, -0.1) is 0 Å². The van der Waals surface area contributed by atoms with Gasteiger partial charge in [0.15, 0.2) is 12.6 Å². The fourth-order valence-electron chi connectivity index (χ4n) is 8.19. The van der Waals surface area contributed by atoms with Gasteiger partial charge in [-0.3, -0.25) is 0 Å². The minimum Gasteiger partial charge on any atom is -0.396 e. The van der Waals surface area contributed by atoms with Crippen molar-refractivity contribution < 1.29 is 56.6 Å². The Hall–Kier alpha value is -5.12. The van der Waals surface area contributed by atoms with Crippen LogP contribution in [0.1, 0.15) is 37.5 Å². The summed E-state index contributed by atoms with van der Waals surface area (Å²) in [5.41, 5.74) is 4.53. The average Bonchev–Trinajstić information content (AvgIpc) is 3.41. The molecule has 6 aromatic rings. The van der Waals surface area contributed by atoms with E-state index in [1.54, 1.807) is 36.4 Å². The Morgan fingerprint density at radius 1 is 0.403 bits per heavy atom. The van der Waals surface area contributed by atoms with E-state index >= 15 is 0 Å². The number of aliphatic hydroxyl groups excluding tert-OH is 1. The monoisotopic (exact) mass is 913 g/mol. The maximum atomic E-state index is 11.1. The van der Waals surface area contributed by atoms with Crippen LogP contribution in [0.5, 0.6) is 0 Å². The van der Waals surface area contributed by atoms with Gasteiger partial charge in [0.25, 0.3) is 0 Å². The molecular formula is C56H62O11. The van der Waals surface area contributed by atoms with Crippen LogP contribution in [0.3, 0.4) is 0 Å². The summed E-state index contributed by atoms with van der Waals surface area (Å²) in [7, 11) is 1.47. The minimum absolute atomic E-state index is 0.0978. The summed E-state index contributed by atoms with van der Waals surface area (Å²) >= 11 is 0.